The van der Waals surface area contributed by atoms with Crippen LogP contribution in [0.1, 0.15) is 31.2 Å². The number of methoxy groups -OCH3 is 1. The summed E-state index contributed by atoms with van der Waals surface area (Å²) in [4.78, 5) is 11.9. The minimum Gasteiger partial charge on any atom is -0.497 e. The lowest BCUT2D eigenvalue weighted by Gasteiger charge is -2.25. The first-order chi connectivity index (χ1) is 10.2. The van der Waals surface area contributed by atoms with Gasteiger partial charge in [0.05, 0.1) is 23.8 Å². The van der Waals surface area contributed by atoms with Crippen molar-refractivity contribution < 1.29 is 9.53 Å². The zero-order chi connectivity index (χ0) is 15.2. The van der Waals surface area contributed by atoms with Crippen molar-refractivity contribution in [1.29, 1.82) is 5.26 Å². The molecule has 0 aliphatic carbocycles. The fourth-order valence-corrected chi connectivity index (χ4v) is 3.22. The van der Waals surface area contributed by atoms with Gasteiger partial charge in [0.1, 0.15) is 5.75 Å². The quantitative estimate of drug-likeness (QED) is 0.907. The van der Waals surface area contributed by atoms with E-state index in [1.165, 1.54) is 11.8 Å². The molecule has 21 heavy (non-hydrogen) atoms. The Balaban J connectivity index is 2.39. The van der Waals surface area contributed by atoms with E-state index < -0.39 is 0 Å². The molecule has 1 aliphatic heterocycles. The molecule has 1 atom stereocenters. The Morgan fingerprint density at radius 1 is 1.52 bits per heavy atom. The summed E-state index contributed by atoms with van der Waals surface area (Å²) in [6.07, 6.45) is 1.29. The van der Waals surface area contributed by atoms with Crippen LogP contribution in [0.25, 0.3) is 0 Å². The van der Waals surface area contributed by atoms with Crippen molar-refractivity contribution in [1.82, 2.24) is 5.32 Å². The summed E-state index contributed by atoms with van der Waals surface area (Å²) in [6, 6.07) is 9.84. The molecule has 0 bridgehead atoms. The van der Waals surface area contributed by atoms with Crippen LogP contribution < -0.4 is 10.1 Å². The number of hydrogen-bond donors (Lipinski definition) is 1. The molecule has 1 aliphatic rings. The second-order valence-corrected chi connectivity index (χ2v) is 5.89. The minimum atomic E-state index is -0.196. The van der Waals surface area contributed by atoms with Crippen LogP contribution in [0.5, 0.6) is 5.75 Å². The first-order valence-electron chi connectivity index (χ1n) is 6.90. The van der Waals surface area contributed by atoms with Crippen molar-refractivity contribution in [3.8, 4) is 11.8 Å². The third-order valence-electron chi connectivity index (χ3n) is 3.30. The number of amides is 1. The van der Waals surface area contributed by atoms with Crippen LogP contribution in [0.4, 0.5) is 0 Å². The molecule has 5 heteroatoms. The highest BCUT2D eigenvalue weighted by Gasteiger charge is 2.29. The van der Waals surface area contributed by atoms with E-state index in [2.05, 4.69) is 18.3 Å². The molecule has 1 aromatic carbocycles. The fraction of sp³-hybridized carbons (Fsp3) is 0.375. The molecule has 0 radical (unpaired) electrons. The molecule has 0 aromatic heterocycles. The topological polar surface area (TPSA) is 62.1 Å². The second kappa shape index (κ2) is 7.19. The van der Waals surface area contributed by atoms with Gasteiger partial charge in [-0.3, -0.25) is 4.79 Å². The maximum atomic E-state index is 11.9. The highest BCUT2D eigenvalue weighted by molar-refractivity contribution is 8.03. The standard InChI is InChI=1S/C16H18N2O2S/c1-3-7-21-16-14(10-17)13(9-15(19)18-16)11-5-4-6-12(8-11)20-2/h4-6,8,13H,3,7,9H2,1-2H3,(H,18,19). The number of thioether (sulfide) groups is 1. The lowest BCUT2D eigenvalue weighted by molar-refractivity contribution is -0.120. The van der Waals surface area contributed by atoms with Gasteiger partial charge in [0.2, 0.25) is 5.91 Å². The van der Waals surface area contributed by atoms with Crippen LogP contribution in [0.3, 0.4) is 0 Å². The SMILES string of the molecule is CCCSC1=C(C#N)C(c2cccc(OC)c2)CC(=O)N1. The van der Waals surface area contributed by atoms with Crippen molar-refractivity contribution in [3.63, 3.8) is 0 Å². The smallest absolute Gasteiger partial charge is 0.225 e. The predicted molar refractivity (Wildman–Crippen MR) is 83.9 cm³/mol. The number of carbonyl (C=O) groups excluding carboxylic acids is 1. The zero-order valence-corrected chi connectivity index (χ0v) is 13.0. The Bertz CT molecular complexity index is 605. The van der Waals surface area contributed by atoms with Gasteiger partial charge in [-0.15, -0.1) is 11.8 Å². The highest BCUT2D eigenvalue weighted by atomic mass is 32.2. The van der Waals surface area contributed by atoms with Gasteiger partial charge < -0.3 is 10.1 Å². The predicted octanol–water partition coefficient (Wildman–Crippen LogP) is 3.18. The first kappa shape index (κ1) is 15.5. The highest BCUT2D eigenvalue weighted by Crippen LogP contribution is 2.36. The number of nitriles is 1. The number of hydrogen-bond acceptors (Lipinski definition) is 4. The van der Waals surface area contributed by atoms with E-state index in [9.17, 15) is 10.1 Å². The maximum absolute atomic E-state index is 11.9. The van der Waals surface area contributed by atoms with Gasteiger partial charge >= 0.3 is 0 Å². The minimum absolute atomic E-state index is 0.0413. The van der Waals surface area contributed by atoms with Gasteiger partial charge in [-0.25, -0.2) is 0 Å². The van der Waals surface area contributed by atoms with Crippen LogP contribution in [-0.2, 0) is 4.79 Å². The van der Waals surface area contributed by atoms with Gasteiger partial charge in [0, 0.05) is 12.3 Å². The first-order valence-corrected chi connectivity index (χ1v) is 7.89. The summed E-state index contributed by atoms with van der Waals surface area (Å²) < 4.78 is 5.23. The number of ether oxygens (including phenoxy) is 1. The molecule has 1 heterocycles. The molecule has 0 saturated heterocycles. The normalized spacial score (nSPS) is 18.1. The molecule has 0 fully saturated rings. The number of carbonyl (C=O) groups is 1. The Labute approximate surface area is 129 Å². The largest absolute Gasteiger partial charge is 0.497 e. The van der Waals surface area contributed by atoms with Crippen molar-refractivity contribution in [2.75, 3.05) is 12.9 Å². The van der Waals surface area contributed by atoms with Crippen molar-refractivity contribution in [3.05, 3.63) is 40.4 Å². The average molecular weight is 302 g/mol. The fourth-order valence-electron chi connectivity index (χ4n) is 2.28. The summed E-state index contributed by atoms with van der Waals surface area (Å²) in [7, 11) is 1.61. The number of benzene rings is 1. The molecule has 1 N–H and O–H groups in total. The van der Waals surface area contributed by atoms with E-state index in [-0.39, 0.29) is 11.8 Å². The monoisotopic (exact) mass is 302 g/mol. The van der Waals surface area contributed by atoms with E-state index in [4.69, 9.17) is 4.74 Å². The third-order valence-corrected chi connectivity index (χ3v) is 4.53. The lowest BCUT2D eigenvalue weighted by atomic mass is 9.87. The molecule has 110 valence electrons. The number of rotatable bonds is 5. The van der Waals surface area contributed by atoms with Crippen LogP contribution in [0.15, 0.2) is 34.9 Å². The molecule has 1 amide bonds. The summed E-state index contributed by atoms with van der Waals surface area (Å²) in [5.74, 6) is 1.38. The van der Waals surface area contributed by atoms with Crippen molar-refractivity contribution >= 4 is 17.7 Å². The van der Waals surface area contributed by atoms with E-state index in [1.807, 2.05) is 24.3 Å². The molecule has 2 rings (SSSR count). The third kappa shape index (κ3) is 3.59. The van der Waals surface area contributed by atoms with Gasteiger partial charge in [-0.1, -0.05) is 19.1 Å². The summed E-state index contributed by atoms with van der Waals surface area (Å²) in [5, 5.41) is 13.0. The van der Waals surface area contributed by atoms with Gasteiger partial charge in [-0.2, -0.15) is 5.26 Å². The molecule has 1 unspecified atom stereocenters. The zero-order valence-electron chi connectivity index (χ0n) is 12.2. The average Bonchev–Trinajstić information content (AvgIpc) is 2.52. The summed E-state index contributed by atoms with van der Waals surface area (Å²) >= 11 is 1.54. The molecule has 4 nitrogen and oxygen atoms in total. The molecular weight excluding hydrogens is 284 g/mol. The summed E-state index contributed by atoms with van der Waals surface area (Å²) in [5.41, 5.74) is 1.58. The Hall–Kier alpha value is -1.93. The van der Waals surface area contributed by atoms with Crippen LogP contribution in [0.2, 0.25) is 0 Å². The van der Waals surface area contributed by atoms with E-state index in [1.54, 1.807) is 7.11 Å². The molecular formula is C16H18N2O2S. The Kier molecular flexibility index (Phi) is 5.29. The maximum Gasteiger partial charge on any atom is 0.225 e. The lowest BCUT2D eigenvalue weighted by Crippen LogP contribution is -2.30. The molecule has 0 spiro atoms. The Morgan fingerprint density at radius 3 is 3.00 bits per heavy atom. The van der Waals surface area contributed by atoms with Gasteiger partial charge in [0.15, 0.2) is 0 Å². The van der Waals surface area contributed by atoms with Gasteiger partial charge in [0.25, 0.3) is 0 Å². The summed E-state index contributed by atoms with van der Waals surface area (Å²) in [6.45, 7) is 2.07. The Morgan fingerprint density at radius 2 is 2.33 bits per heavy atom. The number of nitrogens with one attached hydrogen (secondary N) is 1. The van der Waals surface area contributed by atoms with Crippen molar-refractivity contribution in [2.45, 2.75) is 25.7 Å². The van der Waals surface area contributed by atoms with Crippen LogP contribution in [-0.4, -0.2) is 18.8 Å². The van der Waals surface area contributed by atoms with E-state index in [0.29, 0.717) is 17.0 Å². The van der Waals surface area contributed by atoms with Crippen LogP contribution >= 0.6 is 11.8 Å². The number of allylic oxidation sites excluding steroid dienone is 1. The van der Waals surface area contributed by atoms with E-state index in [0.717, 1.165) is 23.5 Å². The second-order valence-electron chi connectivity index (χ2n) is 4.78. The molecule has 1 aromatic rings. The van der Waals surface area contributed by atoms with Crippen molar-refractivity contribution in [2.24, 2.45) is 0 Å². The molecule has 0 saturated carbocycles. The van der Waals surface area contributed by atoms with E-state index >= 15 is 0 Å². The van der Waals surface area contributed by atoms with Crippen LogP contribution in [0, 0.1) is 11.3 Å². The number of nitrogens with zero attached hydrogens (tertiary/aromatic N) is 1. The van der Waals surface area contributed by atoms with Gasteiger partial charge in [-0.05, 0) is 29.9 Å².